The van der Waals surface area contributed by atoms with Crippen LogP contribution < -0.4 is 5.32 Å². The number of aliphatic hydroxyl groups is 1. The Labute approximate surface area is 96.1 Å². The van der Waals surface area contributed by atoms with Crippen molar-refractivity contribution in [1.29, 1.82) is 0 Å². The Bertz CT molecular complexity index is 286. The highest BCUT2D eigenvalue weighted by atomic mass is 32.2. The molecule has 0 saturated heterocycles. The molecule has 84 valence electrons. The summed E-state index contributed by atoms with van der Waals surface area (Å²) in [5.41, 5.74) is 1.26. The van der Waals surface area contributed by atoms with Gasteiger partial charge in [0.05, 0.1) is 6.61 Å². The number of rotatable bonds is 5. The van der Waals surface area contributed by atoms with Crippen molar-refractivity contribution in [1.82, 2.24) is 5.32 Å². The van der Waals surface area contributed by atoms with Crippen LogP contribution in [0.4, 0.5) is 0 Å². The van der Waals surface area contributed by atoms with Crippen molar-refractivity contribution >= 4 is 11.8 Å². The summed E-state index contributed by atoms with van der Waals surface area (Å²) in [6.45, 7) is 4.26. The van der Waals surface area contributed by atoms with Crippen LogP contribution in [0.2, 0.25) is 0 Å². The SMILES string of the molecule is CSc1ccc(C(C)N[C@@H](C)CO)cc1. The second kappa shape index (κ2) is 6.16. The molecule has 1 unspecified atom stereocenters. The molecule has 0 aliphatic rings. The predicted octanol–water partition coefficient (Wildman–Crippen LogP) is 2.44. The van der Waals surface area contributed by atoms with Gasteiger partial charge in [-0.2, -0.15) is 0 Å². The second-order valence-electron chi connectivity index (χ2n) is 3.75. The minimum atomic E-state index is 0.139. The number of benzene rings is 1. The third kappa shape index (κ3) is 3.86. The largest absolute Gasteiger partial charge is 0.395 e. The van der Waals surface area contributed by atoms with Crippen molar-refractivity contribution in [3.8, 4) is 0 Å². The molecule has 0 aliphatic carbocycles. The van der Waals surface area contributed by atoms with Crippen molar-refractivity contribution in [3.63, 3.8) is 0 Å². The predicted molar refractivity (Wildman–Crippen MR) is 66.3 cm³/mol. The summed E-state index contributed by atoms with van der Waals surface area (Å²) < 4.78 is 0. The van der Waals surface area contributed by atoms with E-state index in [1.165, 1.54) is 10.5 Å². The molecule has 1 rings (SSSR count). The molecule has 0 saturated carbocycles. The van der Waals surface area contributed by atoms with Crippen molar-refractivity contribution < 1.29 is 5.11 Å². The lowest BCUT2D eigenvalue weighted by Crippen LogP contribution is -2.31. The van der Waals surface area contributed by atoms with Gasteiger partial charge in [-0.1, -0.05) is 12.1 Å². The molecule has 0 heterocycles. The smallest absolute Gasteiger partial charge is 0.0582 e. The van der Waals surface area contributed by atoms with Crippen LogP contribution in [-0.2, 0) is 0 Å². The summed E-state index contributed by atoms with van der Waals surface area (Å²) in [4.78, 5) is 1.28. The van der Waals surface area contributed by atoms with Crippen LogP contribution >= 0.6 is 11.8 Å². The molecule has 15 heavy (non-hydrogen) atoms. The van der Waals surface area contributed by atoms with E-state index in [1.54, 1.807) is 11.8 Å². The third-order valence-electron chi connectivity index (χ3n) is 2.42. The Morgan fingerprint density at radius 3 is 2.33 bits per heavy atom. The summed E-state index contributed by atoms with van der Waals surface area (Å²) in [6, 6.07) is 8.94. The molecule has 1 aromatic rings. The fraction of sp³-hybridized carbons (Fsp3) is 0.500. The van der Waals surface area contributed by atoms with E-state index in [0.29, 0.717) is 0 Å². The highest BCUT2D eigenvalue weighted by Gasteiger charge is 2.07. The third-order valence-corrected chi connectivity index (χ3v) is 3.17. The van der Waals surface area contributed by atoms with Gasteiger partial charge in [0.2, 0.25) is 0 Å². The van der Waals surface area contributed by atoms with Gasteiger partial charge >= 0.3 is 0 Å². The normalized spacial score (nSPS) is 14.9. The van der Waals surface area contributed by atoms with Crippen molar-refractivity contribution in [2.45, 2.75) is 30.8 Å². The Balaban J connectivity index is 2.61. The van der Waals surface area contributed by atoms with E-state index in [-0.39, 0.29) is 18.7 Å². The maximum atomic E-state index is 8.95. The minimum absolute atomic E-state index is 0.139. The molecule has 0 amide bonds. The van der Waals surface area contributed by atoms with Gasteiger partial charge in [-0.05, 0) is 37.8 Å². The zero-order valence-electron chi connectivity index (χ0n) is 9.53. The Hall–Kier alpha value is -0.510. The maximum Gasteiger partial charge on any atom is 0.0582 e. The number of hydrogen-bond donors (Lipinski definition) is 2. The summed E-state index contributed by atoms with van der Waals surface area (Å²) in [6.07, 6.45) is 2.07. The summed E-state index contributed by atoms with van der Waals surface area (Å²) in [5, 5.41) is 12.3. The molecule has 2 N–H and O–H groups in total. The summed E-state index contributed by atoms with van der Waals surface area (Å²) >= 11 is 1.75. The molecule has 2 atom stereocenters. The Morgan fingerprint density at radius 2 is 1.87 bits per heavy atom. The van der Waals surface area contributed by atoms with Crippen LogP contribution in [0.1, 0.15) is 25.5 Å². The van der Waals surface area contributed by atoms with E-state index in [2.05, 4.69) is 42.8 Å². The quantitative estimate of drug-likeness (QED) is 0.755. The Kier molecular flexibility index (Phi) is 5.15. The monoisotopic (exact) mass is 225 g/mol. The lowest BCUT2D eigenvalue weighted by atomic mass is 10.1. The second-order valence-corrected chi connectivity index (χ2v) is 4.62. The van der Waals surface area contributed by atoms with Crippen molar-refractivity contribution in [2.75, 3.05) is 12.9 Å². The zero-order chi connectivity index (χ0) is 11.3. The van der Waals surface area contributed by atoms with E-state index in [9.17, 15) is 0 Å². The van der Waals surface area contributed by atoms with E-state index < -0.39 is 0 Å². The van der Waals surface area contributed by atoms with Gasteiger partial charge in [-0.25, -0.2) is 0 Å². The van der Waals surface area contributed by atoms with E-state index >= 15 is 0 Å². The Morgan fingerprint density at radius 1 is 1.27 bits per heavy atom. The fourth-order valence-corrected chi connectivity index (χ4v) is 1.88. The van der Waals surface area contributed by atoms with Gasteiger partial charge in [-0.3, -0.25) is 0 Å². The molecule has 2 nitrogen and oxygen atoms in total. The van der Waals surface area contributed by atoms with Gasteiger partial charge in [-0.15, -0.1) is 11.8 Å². The van der Waals surface area contributed by atoms with Crippen LogP contribution in [0, 0.1) is 0 Å². The molecule has 0 aliphatic heterocycles. The van der Waals surface area contributed by atoms with Crippen LogP contribution in [0.5, 0.6) is 0 Å². The first-order valence-electron chi connectivity index (χ1n) is 5.18. The van der Waals surface area contributed by atoms with Crippen LogP contribution in [0.3, 0.4) is 0 Å². The average molecular weight is 225 g/mol. The highest BCUT2D eigenvalue weighted by Crippen LogP contribution is 2.19. The van der Waals surface area contributed by atoms with Gasteiger partial charge in [0, 0.05) is 17.0 Å². The molecule has 1 aromatic carbocycles. The molecular weight excluding hydrogens is 206 g/mol. The first-order valence-corrected chi connectivity index (χ1v) is 6.40. The van der Waals surface area contributed by atoms with E-state index in [0.717, 1.165) is 0 Å². The molecule has 0 aromatic heterocycles. The average Bonchev–Trinajstić information content (AvgIpc) is 2.29. The van der Waals surface area contributed by atoms with Crippen molar-refractivity contribution in [3.05, 3.63) is 29.8 Å². The zero-order valence-corrected chi connectivity index (χ0v) is 10.3. The van der Waals surface area contributed by atoms with E-state index in [4.69, 9.17) is 5.11 Å². The molecule has 0 bridgehead atoms. The van der Waals surface area contributed by atoms with Gasteiger partial charge < -0.3 is 10.4 Å². The van der Waals surface area contributed by atoms with Crippen LogP contribution in [0.15, 0.2) is 29.2 Å². The minimum Gasteiger partial charge on any atom is -0.395 e. The first kappa shape index (κ1) is 12.6. The number of aliphatic hydroxyl groups excluding tert-OH is 1. The molecule has 0 radical (unpaired) electrons. The lowest BCUT2D eigenvalue weighted by Gasteiger charge is -2.18. The van der Waals surface area contributed by atoms with Crippen LogP contribution in [0.25, 0.3) is 0 Å². The summed E-state index contributed by atoms with van der Waals surface area (Å²) in [5.74, 6) is 0. The lowest BCUT2D eigenvalue weighted by molar-refractivity contribution is 0.243. The highest BCUT2D eigenvalue weighted by molar-refractivity contribution is 7.98. The van der Waals surface area contributed by atoms with Crippen LogP contribution in [-0.4, -0.2) is 24.0 Å². The topological polar surface area (TPSA) is 32.3 Å². The van der Waals surface area contributed by atoms with Gasteiger partial charge in [0.25, 0.3) is 0 Å². The number of thioether (sulfide) groups is 1. The fourth-order valence-electron chi connectivity index (χ4n) is 1.47. The molecule has 3 heteroatoms. The number of hydrogen-bond acceptors (Lipinski definition) is 3. The van der Waals surface area contributed by atoms with Gasteiger partial charge in [0.15, 0.2) is 0 Å². The molecule has 0 fully saturated rings. The van der Waals surface area contributed by atoms with E-state index in [1.807, 2.05) is 6.92 Å². The summed E-state index contributed by atoms with van der Waals surface area (Å²) in [7, 11) is 0. The standard InChI is InChI=1S/C12H19NOS/c1-9(8-14)13-10(2)11-4-6-12(15-3)7-5-11/h4-7,9-10,13-14H,8H2,1-3H3/t9-,10?/m0/s1. The maximum absolute atomic E-state index is 8.95. The molecule has 0 spiro atoms. The molecular formula is C12H19NOS. The number of nitrogens with one attached hydrogen (secondary N) is 1. The first-order chi connectivity index (χ1) is 7.17. The van der Waals surface area contributed by atoms with Gasteiger partial charge in [0.1, 0.15) is 0 Å². The van der Waals surface area contributed by atoms with Crippen molar-refractivity contribution in [2.24, 2.45) is 0 Å².